The van der Waals surface area contributed by atoms with E-state index < -0.39 is 0 Å². The fourth-order valence-electron chi connectivity index (χ4n) is 1.04. The first-order chi connectivity index (χ1) is 5.74. The zero-order chi connectivity index (χ0) is 8.55. The molecule has 1 N–H and O–H groups in total. The molecule has 64 valence electrons. The van der Waals surface area contributed by atoms with Crippen molar-refractivity contribution in [2.45, 2.75) is 25.8 Å². The number of halogens is 1. The zero-order valence-electron chi connectivity index (χ0n) is 6.84. The van der Waals surface area contributed by atoms with Crippen molar-refractivity contribution < 1.29 is 0 Å². The minimum absolute atomic E-state index is 0.318. The summed E-state index contributed by atoms with van der Waals surface area (Å²) < 4.78 is 0. The summed E-state index contributed by atoms with van der Waals surface area (Å²) in [6.07, 6.45) is 2.47. The Morgan fingerprint density at radius 3 is 2.83 bits per heavy atom. The standard InChI is InChI=1S/C8H10ClN3/c1-5-4-7(11-6-2-3-6)12-8(9)10-5/h4,6H,2-3H2,1H3,(H,10,11,12). The molecule has 0 saturated heterocycles. The van der Waals surface area contributed by atoms with Gasteiger partial charge in [-0.2, -0.15) is 0 Å². The molecule has 1 aromatic rings. The van der Waals surface area contributed by atoms with E-state index in [0.717, 1.165) is 11.5 Å². The molecule has 2 rings (SSSR count). The topological polar surface area (TPSA) is 37.8 Å². The highest BCUT2D eigenvalue weighted by molar-refractivity contribution is 6.28. The van der Waals surface area contributed by atoms with E-state index in [1.54, 1.807) is 0 Å². The predicted octanol–water partition coefficient (Wildman–Crippen LogP) is 2.01. The van der Waals surface area contributed by atoms with Crippen molar-refractivity contribution in [3.05, 3.63) is 17.0 Å². The van der Waals surface area contributed by atoms with Crippen LogP contribution in [0.25, 0.3) is 0 Å². The smallest absolute Gasteiger partial charge is 0.224 e. The van der Waals surface area contributed by atoms with E-state index in [2.05, 4.69) is 15.3 Å². The van der Waals surface area contributed by atoms with E-state index >= 15 is 0 Å². The van der Waals surface area contributed by atoms with Crippen LogP contribution >= 0.6 is 11.6 Å². The molecule has 3 nitrogen and oxygen atoms in total. The fourth-order valence-corrected chi connectivity index (χ4v) is 1.27. The van der Waals surface area contributed by atoms with Crippen LogP contribution < -0.4 is 5.32 Å². The summed E-state index contributed by atoms with van der Waals surface area (Å²) in [5.74, 6) is 0.843. The van der Waals surface area contributed by atoms with Gasteiger partial charge < -0.3 is 5.32 Å². The number of hydrogen-bond donors (Lipinski definition) is 1. The van der Waals surface area contributed by atoms with Gasteiger partial charge in [0.25, 0.3) is 0 Å². The Bertz CT molecular complexity index is 276. The van der Waals surface area contributed by atoms with Crippen LogP contribution in [0.4, 0.5) is 5.82 Å². The van der Waals surface area contributed by atoms with Crippen LogP contribution in [0.2, 0.25) is 5.28 Å². The molecular weight excluding hydrogens is 174 g/mol. The third-order valence-corrected chi connectivity index (χ3v) is 1.93. The number of rotatable bonds is 2. The second kappa shape index (κ2) is 2.90. The first-order valence-electron chi connectivity index (χ1n) is 4.02. The summed E-state index contributed by atoms with van der Waals surface area (Å²) >= 11 is 5.69. The molecule has 1 aromatic heterocycles. The molecule has 0 radical (unpaired) electrons. The van der Waals surface area contributed by atoms with Gasteiger partial charge in [0, 0.05) is 17.8 Å². The van der Waals surface area contributed by atoms with Crippen molar-refractivity contribution in [1.82, 2.24) is 9.97 Å². The second-order valence-electron chi connectivity index (χ2n) is 3.08. The summed E-state index contributed by atoms with van der Waals surface area (Å²) in [6, 6.07) is 2.51. The SMILES string of the molecule is Cc1cc(NC2CC2)nc(Cl)n1. The first-order valence-corrected chi connectivity index (χ1v) is 4.39. The Labute approximate surface area is 76.2 Å². The van der Waals surface area contributed by atoms with Crippen LogP contribution in [0.1, 0.15) is 18.5 Å². The third kappa shape index (κ3) is 1.85. The van der Waals surface area contributed by atoms with Crippen molar-refractivity contribution in [3.63, 3.8) is 0 Å². The van der Waals surface area contributed by atoms with Gasteiger partial charge in [0.05, 0.1) is 0 Å². The van der Waals surface area contributed by atoms with Gasteiger partial charge >= 0.3 is 0 Å². The van der Waals surface area contributed by atoms with E-state index in [-0.39, 0.29) is 0 Å². The lowest BCUT2D eigenvalue weighted by Gasteiger charge is -2.03. The Kier molecular flexibility index (Phi) is 1.89. The number of nitrogens with one attached hydrogen (secondary N) is 1. The van der Waals surface area contributed by atoms with Crippen LogP contribution in [-0.2, 0) is 0 Å². The van der Waals surface area contributed by atoms with Gasteiger partial charge in [-0.15, -0.1) is 0 Å². The van der Waals surface area contributed by atoms with Crippen molar-refractivity contribution in [2.75, 3.05) is 5.32 Å². The lowest BCUT2D eigenvalue weighted by molar-refractivity contribution is 1.05. The zero-order valence-corrected chi connectivity index (χ0v) is 7.60. The number of anilines is 1. The maximum Gasteiger partial charge on any atom is 0.224 e. The van der Waals surface area contributed by atoms with E-state index in [9.17, 15) is 0 Å². The molecule has 1 fully saturated rings. The van der Waals surface area contributed by atoms with Crippen molar-refractivity contribution in [1.29, 1.82) is 0 Å². The summed E-state index contributed by atoms with van der Waals surface area (Å²) in [6.45, 7) is 1.91. The number of hydrogen-bond acceptors (Lipinski definition) is 3. The molecule has 4 heteroatoms. The van der Waals surface area contributed by atoms with Gasteiger partial charge in [0.1, 0.15) is 5.82 Å². The second-order valence-corrected chi connectivity index (χ2v) is 3.42. The number of aryl methyl sites for hydroxylation is 1. The van der Waals surface area contributed by atoms with E-state index in [0.29, 0.717) is 11.3 Å². The molecule has 1 heterocycles. The molecule has 0 bridgehead atoms. The summed E-state index contributed by atoms with van der Waals surface area (Å²) in [7, 11) is 0. The molecule has 0 atom stereocenters. The van der Waals surface area contributed by atoms with Crippen molar-refractivity contribution in [3.8, 4) is 0 Å². The van der Waals surface area contributed by atoms with Crippen LogP contribution in [0, 0.1) is 6.92 Å². The van der Waals surface area contributed by atoms with E-state index in [1.165, 1.54) is 12.8 Å². The molecule has 0 aliphatic heterocycles. The summed E-state index contributed by atoms with van der Waals surface area (Å²) in [4.78, 5) is 8.03. The molecule has 1 saturated carbocycles. The van der Waals surface area contributed by atoms with Crippen molar-refractivity contribution >= 4 is 17.4 Å². The van der Waals surface area contributed by atoms with E-state index in [1.807, 2.05) is 13.0 Å². The molecule has 0 amide bonds. The minimum atomic E-state index is 0.318. The normalized spacial score (nSPS) is 16.2. The molecule has 1 aliphatic rings. The van der Waals surface area contributed by atoms with Crippen LogP contribution in [0.5, 0.6) is 0 Å². The van der Waals surface area contributed by atoms with Gasteiger partial charge in [-0.25, -0.2) is 9.97 Å². The van der Waals surface area contributed by atoms with E-state index in [4.69, 9.17) is 11.6 Å². The lowest BCUT2D eigenvalue weighted by atomic mass is 10.4. The van der Waals surface area contributed by atoms with Gasteiger partial charge in [-0.05, 0) is 31.4 Å². The molecule has 0 aromatic carbocycles. The van der Waals surface area contributed by atoms with Gasteiger partial charge in [0.2, 0.25) is 5.28 Å². The van der Waals surface area contributed by atoms with Gasteiger partial charge in [0.15, 0.2) is 0 Å². The first kappa shape index (κ1) is 7.80. The lowest BCUT2D eigenvalue weighted by Crippen LogP contribution is -2.04. The number of aromatic nitrogens is 2. The highest BCUT2D eigenvalue weighted by atomic mass is 35.5. The summed E-state index contributed by atoms with van der Waals surface area (Å²) in [5.41, 5.74) is 0.901. The molecule has 12 heavy (non-hydrogen) atoms. The highest BCUT2D eigenvalue weighted by Gasteiger charge is 2.21. The average molecular weight is 184 g/mol. The van der Waals surface area contributed by atoms with Crippen LogP contribution in [0.15, 0.2) is 6.07 Å². The maximum absolute atomic E-state index is 5.69. The Balaban J connectivity index is 2.18. The minimum Gasteiger partial charge on any atom is -0.367 e. The van der Waals surface area contributed by atoms with Gasteiger partial charge in [-0.1, -0.05) is 0 Å². The Hall–Kier alpha value is -0.830. The fraction of sp³-hybridized carbons (Fsp3) is 0.500. The number of nitrogens with zero attached hydrogens (tertiary/aromatic N) is 2. The average Bonchev–Trinajstić information content (AvgIpc) is 2.68. The molecule has 0 spiro atoms. The van der Waals surface area contributed by atoms with Crippen LogP contribution in [0.3, 0.4) is 0 Å². The Morgan fingerprint density at radius 2 is 2.25 bits per heavy atom. The third-order valence-electron chi connectivity index (χ3n) is 1.76. The van der Waals surface area contributed by atoms with Gasteiger partial charge in [-0.3, -0.25) is 0 Å². The quantitative estimate of drug-likeness (QED) is 0.713. The Morgan fingerprint density at radius 1 is 1.50 bits per heavy atom. The van der Waals surface area contributed by atoms with Crippen LogP contribution in [-0.4, -0.2) is 16.0 Å². The monoisotopic (exact) mass is 183 g/mol. The molecule has 0 unspecified atom stereocenters. The predicted molar refractivity (Wildman–Crippen MR) is 48.4 cm³/mol. The summed E-state index contributed by atoms with van der Waals surface area (Å²) in [5, 5.41) is 3.58. The van der Waals surface area contributed by atoms with Crippen molar-refractivity contribution in [2.24, 2.45) is 0 Å². The highest BCUT2D eigenvalue weighted by Crippen LogP contribution is 2.24. The molecule has 1 aliphatic carbocycles. The maximum atomic E-state index is 5.69. The molecular formula is C8H10ClN3. The largest absolute Gasteiger partial charge is 0.367 e.